The summed E-state index contributed by atoms with van der Waals surface area (Å²) in [6.07, 6.45) is 3.73. The molecule has 0 spiro atoms. The Labute approximate surface area is 165 Å². The molecule has 1 N–H and O–H groups in total. The molecule has 1 saturated heterocycles. The molecular formula is C19H31N5O2S. The average Bonchev–Trinajstić information content (AvgIpc) is 3.24. The number of hydrogen-bond acceptors (Lipinski definition) is 7. The molecule has 7 nitrogen and oxygen atoms in total. The first-order chi connectivity index (χ1) is 13.0. The SMILES string of the molecule is CC(C)CCN1CCN(Cc2ccc(Sc3nncn3C)o2)C[C@H]1CCO. The number of piperazine rings is 1. The number of aryl methyl sites for hydroxylation is 1. The summed E-state index contributed by atoms with van der Waals surface area (Å²) in [7, 11) is 1.92. The van der Waals surface area contributed by atoms with E-state index < -0.39 is 0 Å². The van der Waals surface area contributed by atoms with E-state index in [0.29, 0.717) is 12.0 Å². The zero-order valence-electron chi connectivity index (χ0n) is 16.5. The fourth-order valence-electron chi connectivity index (χ4n) is 3.42. The molecule has 1 aliphatic rings. The molecule has 0 radical (unpaired) electrons. The van der Waals surface area contributed by atoms with Crippen molar-refractivity contribution in [3.05, 3.63) is 24.2 Å². The van der Waals surface area contributed by atoms with E-state index in [1.807, 2.05) is 23.7 Å². The fraction of sp³-hybridized carbons (Fsp3) is 0.684. The molecule has 1 fully saturated rings. The highest BCUT2D eigenvalue weighted by molar-refractivity contribution is 7.99. The first kappa shape index (κ1) is 20.4. The summed E-state index contributed by atoms with van der Waals surface area (Å²) in [5.74, 6) is 1.68. The van der Waals surface area contributed by atoms with E-state index in [-0.39, 0.29) is 6.61 Å². The number of furan rings is 1. The second-order valence-electron chi connectivity index (χ2n) is 7.67. The van der Waals surface area contributed by atoms with E-state index in [4.69, 9.17) is 4.42 Å². The summed E-state index contributed by atoms with van der Waals surface area (Å²) >= 11 is 1.48. The Bertz CT molecular complexity index is 702. The van der Waals surface area contributed by atoms with Crippen LogP contribution in [0.4, 0.5) is 0 Å². The highest BCUT2D eigenvalue weighted by atomic mass is 32.2. The van der Waals surface area contributed by atoms with Crippen molar-refractivity contribution in [1.29, 1.82) is 0 Å². The van der Waals surface area contributed by atoms with Gasteiger partial charge in [0.1, 0.15) is 12.1 Å². The van der Waals surface area contributed by atoms with Gasteiger partial charge in [0.05, 0.1) is 6.54 Å². The lowest BCUT2D eigenvalue weighted by molar-refractivity contribution is 0.0487. The Balaban J connectivity index is 1.54. The number of nitrogens with zero attached hydrogens (tertiary/aromatic N) is 5. The molecule has 27 heavy (non-hydrogen) atoms. The van der Waals surface area contributed by atoms with Crippen molar-refractivity contribution in [3.63, 3.8) is 0 Å². The zero-order valence-corrected chi connectivity index (χ0v) is 17.4. The number of rotatable bonds is 9. The van der Waals surface area contributed by atoms with Gasteiger partial charge in [0.25, 0.3) is 0 Å². The predicted octanol–water partition coefficient (Wildman–Crippen LogP) is 2.47. The molecule has 0 bridgehead atoms. The van der Waals surface area contributed by atoms with Crippen molar-refractivity contribution in [2.75, 3.05) is 32.8 Å². The van der Waals surface area contributed by atoms with E-state index in [1.165, 1.54) is 18.2 Å². The van der Waals surface area contributed by atoms with Gasteiger partial charge >= 0.3 is 0 Å². The van der Waals surface area contributed by atoms with Gasteiger partial charge in [0.2, 0.25) is 0 Å². The second kappa shape index (κ2) is 9.73. The Kier molecular flexibility index (Phi) is 7.34. The van der Waals surface area contributed by atoms with Crippen LogP contribution in [0.15, 0.2) is 33.1 Å². The molecule has 8 heteroatoms. The van der Waals surface area contributed by atoms with Gasteiger partial charge in [0, 0.05) is 39.3 Å². The van der Waals surface area contributed by atoms with Crippen LogP contribution in [0.25, 0.3) is 0 Å². The van der Waals surface area contributed by atoms with Gasteiger partial charge in [-0.25, -0.2) is 0 Å². The lowest BCUT2D eigenvalue weighted by Gasteiger charge is -2.41. The normalized spacial score (nSPS) is 19.2. The molecule has 1 aliphatic heterocycles. The fourth-order valence-corrected chi connectivity index (χ4v) is 4.16. The van der Waals surface area contributed by atoms with E-state index >= 15 is 0 Å². The zero-order chi connectivity index (χ0) is 19.2. The highest BCUT2D eigenvalue weighted by Gasteiger charge is 2.27. The van der Waals surface area contributed by atoms with Crippen LogP contribution in [0.1, 0.15) is 32.4 Å². The predicted molar refractivity (Wildman–Crippen MR) is 106 cm³/mol. The number of aliphatic hydroxyl groups excluding tert-OH is 1. The van der Waals surface area contributed by atoms with E-state index in [0.717, 1.165) is 55.2 Å². The molecule has 2 aromatic rings. The molecule has 2 aromatic heterocycles. The molecule has 0 saturated carbocycles. The molecular weight excluding hydrogens is 362 g/mol. The molecule has 1 atom stereocenters. The topological polar surface area (TPSA) is 70.6 Å². The molecule has 0 unspecified atom stereocenters. The Morgan fingerprint density at radius 2 is 2.19 bits per heavy atom. The first-order valence-electron chi connectivity index (χ1n) is 9.73. The Morgan fingerprint density at radius 1 is 1.33 bits per heavy atom. The third kappa shape index (κ3) is 5.81. The summed E-state index contributed by atoms with van der Waals surface area (Å²) in [6, 6.07) is 4.47. The van der Waals surface area contributed by atoms with Gasteiger partial charge in [-0.1, -0.05) is 13.8 Å². The van der Waals surface area contributed by atoms with Crippen LogP contribution in [-0.4, -0.2) is 68.5 Å². The maximum absolute atomic E-state index is 9.46. The van der Waals surface area contributed by atoms with Crippen molar-refractivity contribution in [1.82, 2.24) is 24.6 Å². The van der Waals surface area contributed by atoms with Crippen LogP contribution in [0.2, 0.25) is 0 Å². The Hall–Kier alpha value is -1.35. The van der Waals surface area contributed by atoms with Gasteiger partial charge in [-0.2, -0.15) is 0 Å². The monoisotopic (exact) mass is 393 g/mol. The standard InChI is InChI=1S/C19H31N5O2S/c1-15(2)6-8-24-10-9-23(12-16(24)7-11-25)13-17-4-5-18(26-17)27-19-21-20-14-22(19)3/h4-5,14-16,25H,6-13H2,1-3H3/t16-/m1/s1. The maximum atomic E-state index is 9.46. The maximum Gasteiger partial charge on any atom is 0.198 e. The van der Waals surface area contributed by atoms with Crippen LogP contribution in [0.3, 0.4) is 0 Å². The van der Waals surface area contributed by atoms with Gasteiger partial charge < -0.3 is 14.1 Å². The van der Waals surface area contributed by atoms with Crippen molar-refractivity contribution >= 4 is 11.8 Å². The third-order valence-corrected chi connectivity index (χ3v) is 6.00. The Morgan fingerprint density at radius 3 is 2.89 bits per heavy atom. The van der Waals surface area contributed by atoms with Crippen molar-refractivity contribution < 1.29 is 9.52 Å². The van der Waals surface area contributed by atoms with E-state index in [1.54, 1.807) is 6.33 Å². The van der Waals surface area contributed by atoms with Gasteiger partial charge in [-0.05, 0) is 49.2 Å². The second-order valence-corrected chi connectivity index (χ2v) is 8.64. The largest absolute Gasteiger partial charge is 0.453 e. The highest BCUT2D eigenvalue weighted by Crippen LogP contribution is 2.28. The van der Waals surface area contributed by atoms with Gasteiger partial charge in [0.15, 0.2) is 10.2 Å². The lowest BCUT2D eigenvalue weighted by Crippen LogP contribution is -2.53. The van der Waals surface area contributed by atoms with Crippen molar-refractivity contribution in [3.8, 4) is 0 Å². The van der Waals surface area contributed by atoms with Crippen LogP contribution < -0.4 is 0 Å². The average molecular weight is 394 g/mol. The number of aliphatic hydroxyl groups is 1. The van der Waals surface area contributed by atoms with Crippen LogP contribution >= 0.6 is 11.8 Å². The molecule has 150 valence electrons. The summed E-state index contributed by atoms with van der Waals surface area (Å²) in [4.78, 5) is 4.98. The minimum absolute atomic E-state index is 0.246. The molecule has 3 heterocycles. The molecule has 0 aromatic carbocycles. The quantitative estimate of drug-likeness (QED) is 0.702. The summed E-state index contributed by atoms with van der Waals surface area (Å²) in [5, 5.41) is 19.1. The van der Waals surface area contributed by atoms with Gasteiger partial charge in [-0.15, -0.1) is 10.2 Å². The first-order valence-corrected chi connectivity index (χ1v) is 10.5. The van der Waals surface area contributed by atoms with Crippen molar-refractivity contribution in [2.45, 2.75) is 49.5 Å². The smallest absolute Gasteiger partial charge is 0.198 e. The summed E-state index contributed by atoms with van der Waals surface area (Å²) < 4.78 is 7.87. The molecule has 0 aliphatic carbocycles. The van der Waals surface area contributed by atoms with Crippen molar-refractivity contribution in [2.24, 2.45) is 13.0 Å². The van der Waals surface area contributed by atoms with E-state index in [9.17, 15) is 5.11 Å². The minimum atomic E-state index is 0.246. The lowest BCUT2D eigenvalue weighted by atomic mass is 10.1. The number of hydrogen-bond donors (Lipinski definition) is 1. The van der Waals surface area contributed by atoms with Crippen LogP contribution in [-0.2, 0) is 13.6 Å². The summed E-state index contributed by atoms with van der Waals surface area (Å²) in [5.41, 5.74) is 0. The van der Waals surface area contributed by atoms with Crippen LogP contribution in [0, 0.1) is 5.92 Å². The molecule has 3 rings (SSSR count). The van der Waals surface area contributed by atoms with E-state index in [2.05, 4.69) is 33.8 Å². The van der Waals surface area contributed by atoms with Gasteiger partial charge in [-0.3, -0.25) is 9.80 Å². The summed E-state index contributed by atoms with van der Waals surface area (Å²) in [6.45, 7) is 9.77. The third-order valence-electron chi connectivity index (χ3n) is 5.02. The molecule has 0 amide bonds. The minimum Gasteiger partial charge on any atom is -0.453 e. The number of aromatic nitrogens is 3. The van der Waals surface area contributed by atoms with Crippen LogP contribution in [0.5, 0.6) is 0 Å².